The van der Waals surface area contributed by atoms with Crippen molar-refractivity contribution in [2.45, 2.75) is 74.1 Å². The minimum absolute atomic E-state index is 0.257. The smallest absolute Gasteiger partial charge is 0.307 e. The van der Waals surface area contributed by atoms with Crippen LogP contribution >= 0.6 is 0 Å². The van der Waals surface area contributed by atoms with E-state index in [9.17, 15) is 4.79 Å². The van der Waals surface area contributed by atoms with Gasteiger partial charge in [0.15, 0.2) is 0 Å². The maximum Gasteiger partial charge on any atom is 0.307 e. The summed E-state index contributed by atoms with van der Waals surface area (Å²) in [6.07, 6.45) is 15.5. The fourth-order valence-electron chi connectivity index (χ4n) is 4.44. The highest BCUT2D eigenvalue weighted by Gasteiger charge is 2.55. The standard InChI is InChI=1S/C24H36O2/c1-17(10-12-20-18(2)9-8-15-23(20,4)5)11-13-21-22(24(21,6)7)14-16-26-19(3)25/h10-12,14,16,21-22H,8-9,13,15H2,1-7H3/b12-10+,16-14+,17-11+/t21-,22?/m1/s1. The first-order valence-electron chi connectivity index (χ1n) is 9.94. The maximum atomic E-state index is 10.9. The molecular weight excluding hydrogens is 320 g/mol. The van der Waals surface area contributed by atoms with Crippen LogP contribution in [0.3, 0.4) is 0 Å². The van der Waals surface area contributed by atoms with Crippen molar-refractivity contribution >= 4 is 5.97 Å². The van der Waals surface area contributed by atoms with E-state index >= 15 is 0 Å². The van der Waals surface area contributed by atoms with Gasteiger partial charge < -0.3 is 4.74 Å². The van der Waals surface area contributed by atoms with Gasteiger partial charge in [0.25, 0.3) is 0 Å². The molecule has 0 aromatic rings. The van der Waals surface area contributed by atoms with E-state index in [1.807, 2.05) is 6.08 Å². The van der Waals surface area contributed by atoms with Gasteiger partial charge in [0.05, 0.1) is 6.26 Å². The number of esters is 1. The van der Waals surface area contributed by atoms with Gasteiger partial charge in [-0.25, -0.2) is 0 Å². The van der Waals surface area contributed by atoms with Crippen molar-refractivity contribution in [3.63, 3.8) is 0 Å². The summed E-state index contributed by atoms with van der Waals surface area (Å²) in [6, 6.07) is 0. The van der Waals surface area contributed by atoms with E-state index in [2.05, 4.69) is 59.8 Å². The molecule has 0 aromatic carbocycles. The highest BCUT2D eigenvalue weighted by atomic mass is 16.5. The topological polar surface area (TPSA) is 26.3 Å². The summed E-state index contributed by atoms with van der Waals surface area (Å²) in [5.74, 6) is 0.842. The Morgan fingerprint density at radius 3 is 2.54 bits per heavy atom. The molecule has 0 aliphatic heterocycles. The zero-order valence-corrected chi connectivity index (χ0v) is 17.7. The molecule has 0 aromatic heterocycles. The van der Waals surface area contributed by atoms with Gasteiger partial charge in [0.1, 0.15) is 0 Å². The fraction of sp³-hybridized carbons (Fsp3) is 0.625. The average Bonchev–Trinajstić information content (AvgIpc) is 3.03. The van der Waals surface area contributed by atoms with Crippen LogP contribution in [0.5, 0.6) is 0 Å². The lowest BCUT2D eigenvalue weighted by Crippen LogP contribution is -2.19. The molecule has 1 fully saturated rings. The van der Waals surface area contributed by atoms with Crippen molar-refractivity contribution in [3.05, 3.63) is 47.3 Å². The first-order valence-corrected chi connectivity index (χ1v) is 9.94. The van der Waals surface area contributed by atoms with E-state index < -0.39 is 0 Å². The van der Waals surface area contributed by atoms with Gasteiger partial charge in [-0.3, -0.25) is 4.79 Å². The van der Waals surface area contributed by atoms with Crippen molar-refractivity contribution in [2.24, 2.45) is 22.7 Å². The summed E-state index contributed by atoms with van der Waals surface area (Å²) < 4.78 is 4.94. The van der Waals surface area contributed by atoms with E-state index in [0.717, 1.165) is 6.42 Å². The first kappa shape index (κ1) is 20.7. The summed E-state index contributed by atoms with van der Waals surface area (Å²) >= 11 is 0. The molecule has 0 saturated heterocycles. The second kappa shape index (κ2) is 7.98. The second-order valence-corrected chi connectivity index (χ2v) is 9.34. The minimum Gasteiger partial charge on any atom is -0.435 e. The lowest BCUT2D eigenvalue weighted by atomic mass is 9.72. The van der Waals surface area contributed by atoms with Crippen LogP contribution in [-0.2, 0) is 9.53 Å². The van der Waals surface area contributed by atoms with Gasteiger partial charge in [0.2, 0.25) is 0 Å². The molecule has 1 saturated carbocycles. The van der Waals surface area contributed by atoms with Crippen LogP contribution in [0.1, 0.15) is 74.1 Å². The molecule has 2 heteroatoms. The highest BCUT2D eigenvalue weighted by molar-refractivity contribution is 5.66. The van der Waals surface area contributed by atoms with Crippen molar-refractivity contribution in [1.29, 1.82) is 0 Å². The number of ether oxygens (including phenoxy) is 1. The lowest BCUT2D eigenvalue weighted by molar-refractivity contribution is -0.135. The van der Waals surface area contributed by atoms with Gasteiger partial charge in [-0.05, 0) is 73.8 Å². The zero-order valence-electron chi connectivity index (χ0n) is 17.7. The van der Waals surface area contributed by atoms with Crippen LogP contribution in [0.2, 0.25) is 0 Å². The van der Waals surface area contributed by atoms with Gasteiger partial charge in [-0.15, -0.1) is 0 Å². The number of hydrogen-bond acceptors (Lipinski definition) is 2. The molecule has 2 rings (SSSR count). The van der Waals surface area contributed by atoms with Gasteiger partial charge in [0, 0.05) is 6.92 Å². The van der Waals surface area contributed by atoms with E-state index in [1.54, 1.807) is 11.8 Å². The second-order valence-electron chi connectivity index (χ2n) is 9.34. The monoisotopic (exact) mass is 356 g/mol. The van der Waals surface area contributed by atoms with Crippen LogP contribution < -0.4 is 0 Å². The largest absolute Gasteiger partial charge is 0.435 e. The third-order valence-electron chi connectivity index (χ3n) is 6.41. The van der Waals surface area contributed by atoms with Gasteiger partial charge in [-0.2, -0.15) is 0 Å². The molecule has 0 bridgehead atoms. The van der Waals surface area contributed by atoms with Crippen molar-refractivity contribution in [3.8, 4) is 0 Å². The third-order valence-corrected chi connectivity index (χ3v) is 6.41. The molecule has 2 nitrogen and oxygen atoms in total. The van der Waals surface area contributed by atoms with E-state index in [4.69, 9.17) is 4.74 Å². The highest BCUT2D eigenvalue weighted by Crippen LogP contribution is 2.60. The van der Waals surface area contributed by atoms with E-state index in [0.29, 0.717) is 17.3 Å². The predicted molar refractivity (Wildman–Crippen MR) is 110 cm³/mol. The summed E-state index contributed by atoms with van der Waals surface area (Å²) in [7, 11) is 0. The molecule has 1 unspecified atom stereocenters. The van der Waals surface area contributed by atoms with Crippen LogP contribution in [0.15, 0.2) is 47.3 Å². The average molecular weight is 357 g/mol. The fourth-order valence-corrected chi connectivity index (χ4v) is 4.44. The molecule has 2 aliphatic rings. The Balaban J connectivity index is 1.96. The molecule has 0 radical (unpaired) electrons. The van der Waals surface area contributed by atoms with Gasteiger partial charge in [-0.1, -0.05) is 57.1 Å². The quantitative estimate of drug-likeness (QED) is 0.299. The van der Waals surface area contributed by atoms with Crippen molar-refractivity contribution < 1.29 is 9.53 Å². The Hall–Kier alpha value is -1.57. The van der Waals surface area contributed by atoms with Crippen molar-refractivity contribution in [2.75, 3.05) is 0 Å². The minimum atomic E-state index is -0.257. The number of carbonyl (C=O) groups is 1. The first-order chi connectivity index (χ1) is 12.1. The molecule has 0 heterocycles. The molecule has 0 spiro atoms. The SMILES string of the molecule is CC(=O)O/C=C/C1[C@@H](C/C=C(C)/C=C/C2=C(C)CCCC2(C)C)C1(C)C. The number of hydrogen-bond donors (Lipinski definition) is 0. The summed E-state index contributed by atoms with van der Waals surface area (Å²) in [6.45, 7) is 15.2. The third kappa shape index (κ3) is 4.99. The molecule has 144 valence electrons. The lowest BCUT2D eigenvalue weighted by Gasteiger charge is -2.32. The van der Waals surface area contributed by atoms with E-state index in [1.165, 1.54) is 37.3 Å². The summed E-state index contributed by atoms with van der Waals surface area (Å²) in [5, 5.41) is 0. The Bertz CT molecular complexity index is 656. The van der Waals surface area contributed by atoms with E-state index in [-0.39, 0.29) is 11.4 Å². The molecular formula is C24H36O2. The van der Waals surface area contributed by atoms with Crippen LogP contribution in [-0.4, -0.2) is 5.97 Å². The molecule has 2 aliphatic carbocycles. The Morgan fingerprint density at radius 2 is 1.92 bits per heavy atom. The molecule has 0 N–H and O–H groups in total. The summed E-state index contributed by atoms with van der Waals surface area (Å²) in [4.78, 5) is 10.9. The Morgan fingerprint density at radius 1 is 1.23 bits per heavy atom. The number of rotatable bonds is 6. The zero-order chi connectivity index (χ0) is 19.5. The summed E-state index contributed by atoms with van der Waals surface area (Å²) in [5.41, 5.74) is 4.97. The van der Waals surface area contributed by atoms with Crippen LogP contribution in [0.25, 0.3) is 0 Å². The Labute approximate surface area is 160 Å². The maximum absolute atomic E-state index is 10.9. The van der Waals surface area contributed by atoms with Crippen LogP contribution in [0.4, 0.5) is 0 Å². The van der Waals surface area contributed by atoms with Gasteiger partial charge >= 0.3 is 5.97 Å². The predicted octanol–water partition coefficient (Wildman–Crippen LogP) is 6.75. The Kier molecular flexibility index (Phi) is 6.37. The van der Waals surface area contributed by atoms with Crippen LogP contribution in [0, 0.1) is 22.7 Å². The molecule has 2 atom stereocenters. The number of allylic oxidation sites excluding steroid dienone is 7. The van der Waals surface area contributed by atoms with Crippen molar-refractivity contribution in [1.82, 2.24) is 0 Å². The molecule has 26 heavy (non-hydrogen) atoms. The number of carbonyl (C=O) groups excluding carboxylic acids is 1. The molecule has 0 amide bonds. The normalized spacial score (nSPS) is 28.0.